The second kappa shape index (κ2) is 12.1. The molecule has 0 atom stereocenters. The molecule has 0 unspecified atom stereocenters. The van der Waals surface area contributed by atoms with Crippen LogP contribution >= 0.6 is 11.3 Å². The highest BCUT2D eigenvalue weighted by atomic mass is 32.1. The van der Waals surface area contributed by atoms with Crippen LogP contribution in [0.15, 0.2) is 46.9 Å². The van der Waals surface area contributed by atoms with E-state index < -0.39 is 35.8 Å². The van der Waals surface area contributed by atoms with Gasteiger partial charge in [-0.15, -0.1) is 11.3 Å². The number of hydrogen-bond acceptors (Lipinski definition) is 6. The Bertz CT molecular complexity index is 1290. The van der Waals surface area contributed by atoms with Crippen molar-refractivity contribution >= 4 is 17.3 Å². The Morgan fingerprint density at radius 2 is 1.76 bits per heavy atom. The van der Waals surface area contributed by atoms with E-state index in [1.807, 2.05) is 0 Å². The second-order valence-electron chi connectivity index (χ2n) is 7.09. The number of aryl methyl sites for hydroxylation is 1. The number of aliphatic carboxylic acids is 1. The molecule has 3 aromatic heterocycles. The van der Waals surface area contributed by atoms with Gasteiger partial charge < -0.3 is 10.8 Å². The SMILES string of the molecule is NCC(Cc1n[nH]c(=O)n1CCc1ccc(-c2ccc(C(F)(F)F)nc2)s1)=C(F)F.O=C(O)C(F)(F)F. The number of nitrogens with two attached hydrogens (primary N) is 1. The predicted molar refractivity (Wildman–Crippen MR) is 115 cm³/mol. The molecule has 0 aromatic carbocycles. The van der Waals surface area contributed by atoms with Crippen LogP contribution in [0.25, 0.3) is 10.4 Å². The lowest BCUT2D eigenvalue weighted by atomic mass is 10.2. The molecule has 3 rings (SSSR count). The second-order valence-corrected chi connectivity index (χ2v) is 8.26. The van der Waals surface area contributed by atoms with E-state index in [-0.39, 0.29) is 30.9 Å². The van der Waals surface area contributed by atoms with Gasteiger partial charge in [0.25, 0.3) is 6.08 Å². The molecule has 0 spiro atoms. The average molecular weight is 559 g/mol. The summed E-state index contributed by atoms with van der Waals surface area (Å²) in [5.41, 5.74) is 4.05. The molecule has 0 amide bonds. The minimum atomic E-state index is -5.08. The number of alkyl halides is 6. The Balaban J connectivity index is 0.000000604. The molecule has 0 bridgehead atoms. The summed E-state index contributed by atoms with van der Waals surface area (Å²) in [6, 6.07) is 5.79. The first-order chi connectivity index (χ1) is 17.1. The highest BCUT2D eigenvalue weighted by Crippen LogP contribution is 2.31. The van der Waals surface area contributed by atoms with Gasteiger partial charge >= 0.3 is 24.0 Å². The van der Waals surface area contributed by atoms with E-state index in [0.29, 0.717) is 12.0 Å². The van der Waals surface area contributed by atoms with E-state index in [1.165, 1.54) is 22.0 Å². The minimum Gasteiger partial charge on any atom is -0.475 e. The van der Waals surface area contributed by atoms with Gasteiger partial charge in [-0.3, -0.25) is 9.55 Å². The lowest BCUT2D eigenvalue weighted by Gasteiger charge is -2.06. The predicted octanol–water partition coefficient (Wildman–Crippen LogP) is 4.24. The molecule has 0 fully saturated rings. The van der Waals surface area contributed by atoms with Gasteiger partial charge in [0.1, 0.15) is 11.5 Å². The zero-order chi connectivity index (χ0) is 28.0. The summed E-state index contributed by atoms with van der Waals surface area (Å²) in [6.07, 6.45) is -10.2. The van der Waals surface area contributed by atoms with Crippen LogP contribution in [0.4, 0.5) is 35.1 Å². The maximum atomic E-state index is 12.8. The van der Waals surface area contributed by atoms with Crippen molar-refractivity contribution in [1.29, 1.82) is 0 Å². The standard InChI is InChI=1S/C18H16F5N5OS.C2HF3O2/c19-16(20)11(8-24)7-15-26-27-17(29)28(15)6-5-12-2-3-13(30-12)10-1-4-14(25-9-10)18(21,22)23;3-2(4,5)1(6)7/h1-4,9H,5-8,24H2,(H,27,29);(H,6,7). The van der Waals surface area contributed by atoms with Gasteiger partial charge in [-0.25, -0.2) is 14.7 Å². The van der Waals surface area contributed by atoms with Crippen molar-refractivity contribution in [3.05, 3.63) is 69.0 Å². The molecule has 0 saturated heterocycles. The number of hydrogen-bond donors (Lipinski definition) is 3. The number of thiophene rings is 1. The van der Waals surface area contributed by atoms with Crippen LogP contribution in [0.3, 0.4) is 0 Å². The molecule has 3 heterocycles. The van der Waals surface area contributed by atoms with E-state index >= 15 is 0 Å². The number of carboxylic acids is 1. The normalized spacial score (nSPS) is 11.6. The fourth-order valence-electron chi connectivity index (χ4n) is 2.72. The summed E-state index contributed by atoms with van der Waals surface area (Å²) in [4.78, 5) is 25.9. The molecular weight excluding hydrogens is 542 g/mol. The molecule has 0 aliphatic heterocycles. The van der Waals surface area contributed by atoms with Gasteiger partial charge in [0, 0.05) is 46.6 Å². The van der Waals surface area contributed by atoms with Gasteiger partial charge in [0.15, 0.2) is 0 Å². The maximum Gasteiger partial charge on any atom is 0.490 e. The van der Waals surface area contributed by atoms with Crippen molar-refractivity contribution in [2.75, 3.05) is 6.54 Å². The van der Waals surface area contributed by atoms with Crippen molar-refractivity contribution in [2.24, 2.45) is 5.73 Å². The monoisotopic (exact) mass is 559 g/mol. The Morgan fingerprint density at radius 1 is 1.11 bits per heavy atom. The number of halogens is 8. The number of aromatic amines is 1. The van der Waals surface area contributed by atoms with Crippen LogP contribution in [0.2, 0.25) is 0 Å². The fourth-order valence-corrected chi connectivity index (χ4v) is 3.71. The van der Waals surface area contributed by atoms with Crippen molar-refractivity contribution in [3.63, 3.8) is 0 Å². The van der Waals surface area contributed by atoms with Crippen LogP contribution in [-0.4, -0.2) is 43.5 Å². The zero-order valence-electron chi connectivity index (χ0n) is 18.3. The Morgan fingerprint density at radius 3 is 2.24 bits per heavy atom. The highest BCUT2D eigenvalue weighted by Gasteiger charge is 2.38. The molecule has 0 aliphatic rings. The third-order valence-corrected chi connectivity index (χ3v) is 5.74. The summed E-state index contributed by atoms with van der Waals surface area (Å²) in [5, 5.41) is 13.2. The number of carboxylic acid groups (broad SMARTS) is 1. The van der Waals surface area contributed by atoms with Crippen molar-refractivity contribution in [2.45, 2.75) is 31.7 Å². The maximum absolute atomic E-state index is 12.8. The van der Waals surface area contributed by atoms with Crippen LogP contribution in [0.5, 0.6) is 0 Å². The van der Waals surface area contributed by atoms with Crippen LogP contribution < -0.4 is 11.4 Å². The highest BCUT2D eigenvalue weighted by molar-refractivity contribution is 7.15. The number of aromatic nitrogens is 4. The van der Waals surface area contributed by atoms with Gasteiger partial charge in [-0.1, -0.05) is 0 Å². The van der Waals surface area contributed by atoms with E-state index in [1.54, 1.807) is 12.1 Å². The lowest BCUT2D eigenvalue weighted by Crippen LogP contribution is -2.21. The van der Waals surface area contributed by atoms with E-state index in [0.717, 1.165) is 22.0 Å². The molecule has 0 aliphatic carbocycles. The van der Waals surface area contributed by atoms with E-state index in [4.69, 9.17) is 15.6 Å². The molecule has 0 saturated carbocycles. The van der Waals surface area contributed by atoms with Crippen molar-refractivity contribution < 1.29 is 45.0 Å². The first-order valence-corrected chi connectivity index (χ1v) is 10.7. The van der Waals surface area contributed by atoms with Crippen LogP contribution in [0.1, 0.15) is 16.4 Å². The molecular formula is C20H17F8N5O3S. The molecule has 202 valence electrons. The largest absolute Gasteiger partial charge is 0.490 e. The molecule has 0 radical (unpaired) electrons. The number of H-pyrrole nitrogens is 1. The quantitative estimate of drug-likeness (QED) is 0.372. The number of carbonyl (C=O) groups is 1. The number of pyridine rings is 1. The Hall–Kier alpha value is -3.60. The number of nitrogens with zero attached hydrogens (tertiary/aromatic N) is 3. The first kappa shape index (κ1) is 29.6. The van der Waals surface area contributed by atoms with E-state index in [2.05, 4.69) is 15.2 Å². The number of nitrogens with one attached hydrogen (secondary N) is 1. The summed E-state index contributed by atoms with van der Waals surface area (Å²) in [7, 11) is 0. The van der Waals surface area contributed by atoms with Gasteiger partial charge in [-0.2, -0.15) is 40.2 Å². The van der Waals surface area contributed by atoms with Gasteiger partial charge in [0.2, 0.25) is 0 Å². The van der Waals surface area contributed by atoms with Crippen molar-refractivity contribution in [1.82, 2.24) is 19.7 Å². The first-order valence-electron chi connectivity index (χ1n) is 9.93. The number of rotatable bonds is 7. The molecule has 37 heavy (non-hydrogen) atoms. The minimum absolute atomic E-state index is 0.150. The van der Waals surface area contributed by atoms with Crippen LogP contribution in [-0.2, 0) is 30.4 Å². The third kappa shape index (κ3) is 8.49. The summed E-state index contributed by atoms with van der Waals surface area (Å²) in [6.45, 7) is -0.152. The summed E-state index contributed by atoms with van der Waals surface area (Å²) < 4.78 is 96.5. The average Bonchev–Trinajstić information content (AvgIpc) is 3.41. The molecule has 4 N–H and O–H groups in total. The van der Waals surface area contributed by atoms with Crippen molar-refractivity contribution in [3.8, 4) is 10.4 Å². The molecule has 8 nitrogen and oxygen atoms in total. The van der Waals surface area contributed by atoms with E-state index in [9.17, 15) is 39.9 Å². The van der Waals surface area contributed by atoms with Gasteiger partial charge in [-0.05, 0) is 30.7 Å². The van der Waals surface area contributed by atoms with Gasteiger partial charge in [0.05, 0.1) is 0 Å². The Kier molecular flexibility index (Phi) is 9.68. The summed E-state index contributed by atoms with van der Waals surface area (Å²) >= 11 is 1.34. The summed E-state index contributed by atoms with van der Waals surface area (Å²) in [5.74, 6) is -2.61. The van der Waals surface area contributed by atoms with Crippen LogP contribution in [0, 0.1) is 0 Å². The zero-order valence-corrected chi connectivity index (χ0v) is 19.1. The molecule has 17 heteroatoms. The Labute approximate surface area is 206 Å². The smallest absolute Gasteiger partial charge is 0.475 e. The topological polar surface area (TPSA) is 127 Å². The molecule has 3 aromatic rings. The fraction of sp³-hybridized carbons (Fsp3) is 0.300. The third-order valence-electron chi connectivity index (χ3n) is 4.55. The lowest BCUT2D eigenvalue weighted by molar-refractivity contribution is -0.192.